The minimum Gasteiger partial charge on any atom is -0.356 e. The summed E-state index contributed by atoms with van der Waals surface area (Å²) in [4.78, 5) is 32.0. The van der Waals surface area contributed by atoms with Crippen molar-refractivity contribution in [2.24, 2.45) is 0 Å². The highest BCUT2D eigenvalue weighted by Gasteiger charge is 2.15. The zero-order valence-corrected chi connectivity index (χ0v) is 18.8. The second kappa shape index (κ2) is 9.24. The van der Waals surface area contributed by atoms with E-state index in [4.69, 9.17) is 0 Å². The normalized spacial score (nSPS) is 10.9. The molecule has 2 aromatic heterocycles. The minimum absolute atomic E-state index is 0.179. The fourth-order valence-electron chi connectivity index (χ4n) is 4.06. The smallest absolute Gasteiger partial charge is 0.252 e. The van der Waals surface area contributed by atoms with Gasteiger partial charge in [0.1, 0.15) is 5.82 Å². The molecule has 0 bridgehead atoms. The average molecular weight is 445 g/mol. The number of carbonyl (C=O) groups is 2. The van der Waals surface area contributed by atoms with Gasteiger partial charge in [-0.3, -0.25) is 14.6 Å². The first-order valence-corrected chi connectivity index (χ1v) is 10.7. The van der Waals surface area contributed by atoms with Crippen LogP contribution in [-0.4, -0.2) is 35.4 Å². The van der Waals surface area contributed by atoms with Crippen molar-refractivity contribution in [3.05, 3.63) is 88.6 Å². The Hall–Kier alpha value is -4.00. The van der Waals surface area contributed by atoms with Gasteiger partial charge >= 0.3 is 0 Å². The summed E-state index contributed by atoms with van der Waals surface area (Å²) >= 11 is 0. The lowest BCUT2D eigenvalue weighted by molar-refractivity contribution is 0.0949. The zero-order valence-electron chi connectivity index (χ0n) is 18.8. The number of aromatic nitrogens is 2. The molecule has 0 fully saturated rings. The van der Waals surface area contributed by atoms with Crippen LogP contribution in [0.15, 0.2) is 54.9 Å². The van der Waals surface area contributed by atoms with Gasteiger partial charge in [-0.2, -0.15) is 0 Å². The van der Waals surface area contributed by atoms with Crippen molar-refractivity contribution in [1.29, 1.82) is 0 Å². The second-order valence-electron chi connectivity index (χ2n) is 7.97. The minimum atomic E-state index is -0.280. The van der Waals surface area contributed by atoms with E-state index in [1.807, 2.05) is 19.9 Å². The number of amides is 2. The van der Waals surface area contributed by atoms with Crippen molar-refractivity contribution in [2.75, 3.05) is 13.6 Å². The van der Waals surface area contributed by atoms with Crippen LogP contribution < -0.4 is 10.6 Å². The number of nitrogens with zero attached hydrogens (tertiary/aromatic N) is 1. The van der Waals surface area contributed by atoms with Gasteiger partial charge in [0.15, 0.2) is 0 Å². The third-order valence-corrected chi connectivity index (χ3v) is 5.78. The molecule has 33 heavy (non-hydrogen) atoms. The Labute approximate surface area is 191 Å². The van der Waals surface area contributed by atoms with Gasteiger partial charge < -0.3 is 15.6 Å². The van der Waals surface area contributed by atoms with Crippen LogP contribution >= 0.6 is 0 Å². The lowest BCUT2D eigenvalue weighted by atomic mass is 10.0. The third-order valence-electron chi connectivity index (χ3n) is 5.78. The molecule has 2 heterocycles. The molecule has 168 valence electrons. The Kier molecular flexibility index (Phi) is 6.22. The number of rotatable bonds is 6. The quantitative estimate of drug-likeness (QED) is 0.414. The van der Waals surface area contributed by atoms with Gasteiger partial charge in [0, 0.05) is 48.2 Å². The highest BCUT2D eigenvalue weighted by atomic mass is 19.1. The Morgan fingerprint density at radius 2 is 1.79 bits per heavy atom. The number of hydrogen-bond acceptors (Lipinski definition) is 3. The van der Waals surface area contributed by atoms with Crippen LogP contribution in [0.25, 0.3) is 22.0 Å². The molecule has 0 saturated heterocycles. The predicted octanol–water partition coefficient (Wildman–Crippen LogP) is 4.32. The van der Waals surface area contributed by atoms with Gasteiger partial charge in [0.2, 0.25) is 0 Å². The molecule has 0 saturated carbocycles. The molecule has 0 aliphatic carbocycles. The van der Waals surface area contributed by atoms with Crippen LogP contribution in [0.3, 0.4) is 0 Å². The maximum atomic E-state index is 14.2. The number of aryl methyl sites for hydroxylation is 2. The highest BCUT2D eigenvalue weighted by Crippen LogP contribution is 2.28. The zero-order chi connectivity index (χ0) is 23.5. The number of H-pyrrole nitrogens is 1. The maximum Gasteiger partial charge on any atom is 0.252 e. The van der Waals surface area contributed by atoms with E-state index >= 15 is 0 Å². The Balaban J connectivity index is 1.49. The average Bonchev–Trinajstić information content (AvgIpc) is 3.18. The van der Waals surface area contributed by atoms with Gasteiger partial charge in [0.25, 0.3) is 11.8 Å². The molecule has 4 rings (SSSR count). The molecule has 4 aromatic rings. The summed E-state index contributed by atoms with van der Waals surface area (Å²) in [7, 11) is 1.58. The van der Waals surface area contributed by atoms with Crippen molar-refractivity contribution < 1.29 is 14.0 Å². The largest absolute Gasteiger partial charge is 0.356 e. The number of halogens is 1. The van der Waals surface area contributed by atoms with Gasteiger partial charge in [-0.1, -0.05) is 18.2 Å². The first-order valence-electron chi connectivity index (χ1n) is 10.7. The first-order chi connectivity index (χ1) is 15.9. The molecule has 0 spiro atoms. The molecular weight excluding hydrogens is 419 g/mol. The summed E-state index contributed by atoms with van der Waals surface area (Å²) in [6.45, 7) is 4.27. The van der Waals surface area contributed by atoms with Gasteiger partial charge in [0.05, 0.1) is 11.1 Å². The summed E-state index contributed by atoms with van der Waals surface area (Å²) in [6, 6.07) is 12.1. The van der Waals surface area contributed by atoms with E-state index < -0.39 is 0 Å². The van der Waals surface area contributed by atoms with E-state index in [2.05, 4.69) is 20.6 Å². The molecule has 2 aromatic carbocycles. The Bertz CT molecular complexity index is 1360. The molecule has 0 atom stereocenters. The van der Waals surface area contributed by atoms with Crippen LogP contribution in [0.2, 0.25) is 0 Å². The maximum absolute atomic E-state index is 14.2. The molecule has 0 aliphatic rings. The summed E-state index contributed by atoms with van der Waals surface area (Å²) in [5.74, 6) is -0.703. The fraction of sp³-hybridized carbons (Fsp3) is 0.192. The first kappa shape index (κ1) is 22.2. The second-order valence-corrected chi connectivity index (χ2v) is 7.97. The number of aromatic amines is 1. The van der Waals surface area contributed by atoms with Crippen molar-refractivity contribution in [1.82, 2.24) is 20.6 Å². The Morgan fingerprint density at radius 1 is 1.00 bits per heavy atom. The molecule has 0 radical (unpaired) electrons. The summed E-state index contributed by atoms with van der Waals surface area (Å²) in [5.41, 5.74) is 5.89. The van der Waals surface area contributed by atoms with E-state index in [1.54, 1.807) is 43.6 Å². The van der Waals surface area contributed by atoms with Crippen molar-refractivity contribution in [3.63, 3.8) is 0 Å². The van der Waals surface area contributed by atoms with E-state index in [0.717, 1.165) is 33.3 Å². The van der Waals surface area contributed by atoms with Gasteiger partial charge in [-0.15, -0.1) is 0 Å². The number of nitrogens with one attached hydrogen (secondary N) is 3. The molecule has 0 unspecified atom stereocenters. The van der Waals surface area contributed by atoms with E-state index in [-0.39, 0.29) is 17.6 Å². The lowest BCUT2D eigenvalue weighted by Crippen LogP contribution is -2.26. The lowest BCUT2D eigenvalue weighted by Gasteiger charge is -2.09. The Morgan fingerprint density at radius 3 is 2.58 bits per heavy atom. The standard InChI is InChI=1S/C26H25FN4O2/c1-15-7-8-22(27)24-23(15)21(16(2)31-24)9-10-30-26(33)20-12-19(13-29-14-20)17-5-4-6-18(11-17)25(32)28-3/h4-8,11-14,31H,9-10H2,1-3H3,(H,28,32)(H,30,33). The monoisotopic (exact) mass is 444 g/mol. The molecule has 7 heteroatoms. The van der Waals surface area contributed by atoms with Crippen molar-refractivity contribution in [3.8, 4) is 11.1 Å². The van der Waals surface area contributed by atoms with Crippen LogP contribution in [0.5, 0.6) is 0 Å². The molecule has 3 N–H and O–H groups in total. The van der Waals surface area contributed by atoms with E-state index in [0.29, 0.717) is 29.6 Å². The predicted molar refractivity (Wildman–Crippen MR) is 127 cm³/mol. The number of fused-ring (bicyclic) bond motifs is 1. The van der Waals surface area contributed by atoms with Crippen LogP contribution in [0, 0.1) is 19.7 Å². The fourth-order valence-corrected chi connectivity index (χ4v) is 4.06. The van der Waals surface area contributed by atoms with Gasteiger partial charge in [-0.25, -0.2) is 4.39 Å². The van der Waals surface area contributed by atoms with Crippen LogP contribution in [0.4, 0.5) is 4.39 Å². The van der Waals surface area contributed by atoms with Crippen molar-refractivity contribution in [2.45, 2.75) is 20.3 Å². The topological polar surface area (TPSA) is 86.9 Å². The van der Waals surface area contributed by atoms with Crippen LogP contribution in [0.1, 0.15) is 37.5 Å². The molecule has 6 nitrogen and oxygen atoms in total. The number of hydrogen-bond donors (Lipinski definition) is 3. The highest BCUT2D eigenvalue weighted by molar-refractivity contribution is 5.97. The third kappa shape index (κ3) is 4.48. The molecule has 2 amide bonds. The summed E-state index contributed by atoms with van der Waals surface area (Å²) in [5, 5.41) is 6.41. The number of benzene rings is 2. The molecule has 0 aliphatic heterocycles. The van der Waals surface area contributed by atoms with Crippen molar-refractivity contribution >= 4 is 22.7 Å². The summed E-state index contributed by atoms with van der Waals surface area (Å²) < 4.78 is 14.2. The van der Waals surface area contributed by atoms with Gasteiger partial charge in [-0.05, 0) is 61.2 Å². The summed E-state index contributed by atoms with van der Waals surface area (Å²) in [6.07, 6.45) is 3.74. The van der Waals surface area contributed by atoms with E-state index in [9.17, 15) is 14.0 Å². The van der Waals surface area contributed by atoms with E-state index in [1.165, 1.54) is 12.3 Å². The number of pyridine rings is 1. The SMILES string of the molecule is CNC(=O)c1cccc(-c2cncc(C(=O)NCCc3c(C)[nH]c4c(F)ccc(C)c34)c2)c1. The molecular formula is C26H25FN4O2. The number of carbonyl (C=O) groups excluding carboxylic acids is 2. The van der Waals surface area contributed by atoms with Crippen LogP contribution in [-0.2, 0) is 6.42 Å².